The Labute approximate surface area is 127 Å². The van der Waals surface area contributed by atoms with Gasteiger partial charge < -0.3 is 0 Å². The van der Waals surface area contributed by atoms with Crippen LogP contribution in [0.4, 0.5) is 0 Å². The molecule has 2 aliphatic rings. The third-order valence-electron chi connectivity index (χ3n) is 4.32. The second kappa shape index (κ2) is 7.21. The zero-order valence-corrected chi connectivity index (χ0v) is 13.6. The maximum absolute atomic E-state index is 6.49. The lowest BCUT2D eigenvalue weighted by molar-refractivity contribution is 0.551. The van der Waals surface area contributed by atoms with Gasteiger partial charge in [-0.15, -0.1) is 0 Å². The van der Waals surface area contributed by atoms with E-state index in [9.17, 15) is 0 Å². The molecule has 0 amide bonds. The highest BCUT2D eigenvalue weighted by Gasteiger charge is 2.22. The van der Waals surface area contributed by atoms with Crippen LogP contribution in [0.1, 0.15) is 59.3 Å². The summed E-state index contributed by atoms with van der Waals surface area (Å²) in [6, 6.07) is 0.364. The van der Waals surface area contributed by atoms with Gasteiger partial charge in [0, 0.05) is 5.70 Å². The number of allylic oxidation sites excluding steroid dienone is 3. The number of rotatable bonds is 3. The predicted molar refractivity (Wildman–Crippen MR) is 88.9 cm³/mol. The summed E-state index contributed by atoms with van der Waals surface area (Å²) in [7, 11) is 0. The standard InChI is InChI=1S/C17H25ClN2/c1-4-12(3)15(5-2)16-17(18)20-14-9-7-6-8-13(19-16)10-11-14/h5,11-13H,4,6-10H2,1-3H3/b14-11-,15-5+,19-16?,20-17+. The Kier molecular flexibility index (Phi) is 5.59. The molecule has 0 aromatic heterocycles. The first-order valence-corrected chi connectivity index (χ1v) is 8.21. The molecular weight excluding hydrogens is 268 g/mol. The van der Waals surface area contributed by atoms with Gasteiger partial charge in [0.1, 0.15) is 0 Å². The third-order valence-corrected chi connectivity index (χ3v) is 4.59. The first-order chi connectivity index (χ1) is 9.65. The Hall–Kier alpha value is -0.890. The molecule has 2 nitrogen and oxygen atoms in total. The van der Waals surface area contributed by atoms with Crippen LogP contribution in [0.2, 0.25) is 0 Å². The number of aliphatic imine (C=N–C) groups is 2. The SMILES string of the molecule is C/C=C(/C1=NC2C/C=C(CCCC2)\N=C/1Cl)C(C)CC. The molecule has 20 heavy (non-hydrogen) atoms. The zero-order chi connectivity index (χ0) is 14.5. The van der Waals surface area contributed by atoms with Gasteiger partial charge in [0.2, 0.25) is 0 Å². The summed E-state index contributed by atoms with van der Waals surface area (Å²) in [5.41, 5.74) is 3.32. The third kappa shape index (κ3) is 3.60. The Morgan fingerprint density at radius 1 is 1.50 bits per heavy atom. The van der Waals surface area contributed by atoms with Crippen molar-refractivity contribution >= 4 is 22.5 Å². The van der Waals surface area contributed by atoms with Crippen molar-refractivity contribution in [2.75, 3.05) is 0 Å². The van der Waals surface area contributed by atoms with Crippen molar-refractivity contribution in [2.24, 2.45) is 15.9 Å². The van der Waals surface area contributed by atoms with Crippen LogP contribution in [0.5, 0.6) is 0 Å². The lowest BCUT2D eigenvalue weighted by Crippen LogP contribution is -2.22. The Bertz CT molecular complexity index is 471. The summed E-state index contributed by atoms with van der Waals surface area (Å²) in [6.45, 7) is 6.51. The van der Waals surface area contributed by atoms with Crippen molar-refractivity contribution in [3.05, 3.63) is 23.4 Å². The van der Waals surface area contributed by atoms with Gasteiger partial charge in [-0.3, -0.25) is 4.99 Å². The number of fused-ring (bicyclic) bond motifs is 2. The van der Waals surface area contributed by atoms with E-state index in [0.29, 0.717) is 17.1 Å². The van der Waals surface area contributed by atoms with Crippen molar-refractivity contribution in [3.63, 3.8) is 0 Å². The Morgan fingerprint density at radius 2 is 2.30 bits per heavy atom. The van der Waals surface area contributed by atoms with Crippen LogP contribution < -0.4 is 0 Å². The minimum Gasteiger partial charge on any atom is -0.278 e. The molecule has 0 saturated heterocycles. The molecule has 1 aliphatic heterocycles. The fourth-order valence-electron chi connectivity index (χ4n) is 2.88. The average Bonchev–Trinajstić information content (AvgIpc) is 2.42. The summed E-state index contributed by atoms with van der Waals surface area (Å²) < 4.78 is 0. The first-order valence-electron chi connectivity index (χ1n) is 7.83. The molecule has 3 heteroatoms. The molecule has 1 heterocycles. The second-order valence-electron chi connectivity index (χ2n) is 5.76. The van der Waals surface area contributed by atoms with Crippen molar-refractivity contribution in [1.29, 1.82) is 0 Å². The van der Waals surface area contributed by atoms with E-state index in [1.54, 1.807) is 0 Å². The quantitative estimate of drug-likeness (QED) is 0.675. The smallest absolute Gasteiger partial charge is 0.154 e. The van der Waals surface area contributed by atoms with Crippen molar-refractivity contribution in [2.45, 2.75) is 65.3 Å². The predicted octanol–water partition coefficient (Wildman–Crippen LogP) is 5.29. The van der Waals surface area contributed by atoms with E-state index in [1.807, 2.05) is 0 Å². The monoisotopic (exact) mass is 292 g/mol. The van der Waals surface area contributed by atoms with Gasteiger partial charge in [0.25, 0.3) is 0 Å². The molecule has 2 bridgehead atoms. The summed E-state index contributed by atoms with van der Waals surface area (Å²) >= 11 is 6.49. The van der Waals surface area contributed by atoms with Crippen LogP contribution in [0.3, 0.4) is 0 Å². The summed E-state index contributed by atoms with van der Waals surface area (Å²) in [5.74, 6) is 0.471. The maximum Gasteiger partial charge on any atom is 0.154 e. The van der Waals surface area contributed by atoms with E-state index < -0.39 is 0 Å². The normalized spacial score (nSPS) is 30.9. The fourth-order valence-corrected chi connectivity index (χ4v) is 3.15. The number of hydrogen-bond donors (Lipinski definition) is 0. The zero-order valence-electron chi connectivity index (χ0n) is 12.8. The molecule has 0 N–H and O–H groups in total. The van der Waals surface area contributed by atoms with Crippen molar-refractivity contribution < 1.29 is 0 Å². The van der Waals surface area contributed by atoms with Crippen molar-refractivity contribution in [3.8, 4) is 0 Å². The summed E-state index contributed by atoms with van der Waals surface area (Å²) in [6.07, 6.45) is 11.1. The van der Waals surface area contributed by atoms with Gasteiger partial charge in [-0.2, -0.15) is 0 Å². The molecule has 1 aliphatic carbocycles. The maximum atomic E-state index is 6.49. The topological polar surface area (TPSA) is 24.7 Å². The summed E-state index contributed by atoms with van der Waals surface area (Å²) in [5, 5.41) is 0.580. The molecule has 0 spiro atoms. The van der Waals surface area contributed by atoms with Crippen LogP contribution in [0, 0.1) is 5.92 Å². The lowest BCUT2D eigenvalue weighted by Gasteiger charge is -2.22. The number of nitrogens with zero attached hydrogens (tertiary/aromatic N) is 2. The highest BCUT2D eigenvalue weighted by molar-refractivity contribution is 6.85. The second-order valence-corrected chi connectivity index (χ2v) is 6.12. The molecule has 0 aromatic carbocycles. The fraction of sp³-hybridized carbons (Fsp3) is 0.647. The van der Waals surface area contributed by atoms with E-state index >= 15 is 0 Å². The van der Waals surface area contributed by atoms with Crippen LogP contribution in [0.25, 0.3) is 0 Å². The lowest BCUT2D eigenvalue weighted by atomic mass is 9.92. The van der Waals surface area contributed by atoms with Crippen molar-refractivity contribution in [1.82, 2.24) is 0 Å². The molecule has 0 radical (unpaired) electrons. The van der Waals surface area contributed by atoms with E-state index in [4.69, 9.17) is 16.6 Å². The highest BCUT2D eigenvalue weighted by atomic mass is 35.5. The van der Waals surface area contributed by atoms with Crippen LogP contribution in [-0.4, -0.2) is 16.9 Å². The Morgan fingerprint density at radius 3 is 3.00 bits per heavy atom. The minimum absolute atomic E-state index is 0.364. The van der Waals surface area contributed by atoms with E-state index in [0.717, 1.165) is 37.1 Å². The number of halogens is 1. The molecule has 110 valence electrons. The average molecular weight is 293 g/mol. The first kappa shape index (κ1) is 15.5. The van der Waals surface area contributed by atoms with Gasteiger partial charge in [-0.1, -0.05) is 44.0 Å². The van der Waals surface area contributed by atoms with Gasteiger partial charge in [0.05, 0.1) is 11.8 Å². The molecule has 0 fully saturated rings. The molecule has 2 atom stereocenters. The van der Waals surface area contributed by atoms with Gasteiger partial charge >= 0.3 is 0 Å². The van der Waals surface area contributed by atoms with Gasteiger partial charge in [-0.05, 0) is 50.5 Å². The van der Waals surface area contributed by atoms with E-state index in [2.05, 4.69) is 37.9 Å². The molecule has 2 unspecified atom stereocenters. The van der Waals surface area contributed by atoms with Gasteiger partial charge in [-0.25, -0.2) is 4.99 Å². The van der Waals surface area contributed by atoms with Crippen LogP contribution in [-0.2, 0) is 0 Å². The van der Waals surface area contributed by atoms with Crippen LogP contribution in [0.15, 0.2) is 33.4 Å². The largest absolute Gasteiger partial charge is 0.278 e. The molecule has 0 aromatic rings. The van der Waals surface area contributed by atoms with Gasteiger partial charge in [0.15, 0.2) is 5.17 Å². The Balaban J connectivity index is 2.42. The van der Waals surface area contributed by atoms with E-state index in [1.165, 1.54) is 18.4 Å². The number of hydrogen-bond acceptors (Lipinski definition) is 2. The summed E-state index contributed by atoms with van der Waals surface area (Å²) in [4.78, 5) is 9.59. The van der Waals surface area contributed by atoms with Crippen LogP contribution >= 0.6 is 11.6 Å². The molecular formula is C17H25ClN2. The molecule has 0 saturated carbocycles. The highest BCUT2D eigenvalue weighted by Crippen LogP contribution is 2.26. The minimum atomic E-state index is 0.364. The molecule has 2 rings (SSSR count). The van der Waals surface area contributed by atoms with E-state index in [-0.39, 0.29) is 0 Å².